The summed E-state index contributed by atoms with van der Waals surface area (Å²) in [7, 11) is 0. The molecule has 146 valence electrons. The van der Waals surface area contributed by atoms with Gasteiger partial charge in [0, 0.05) is 37.9 Å². The monoisotopic (exact) mass is 379 g/mol. The van der Waals surface area contributed by atoms with Crippen LogP contribution in [0, 0.1) is 5.92 Å². The van der Waals surface area contributed by atoms with Gasteiger partial charge >= 0.3 is 0 Å². The van der Waals surface area contributed by atoms with Crippen LogP contribution < -0.4 is 10.2 Å². The Morgan fingerprint density at radius 3 is 2.96 bits per heavy atom. The van der Waals surface area contributed by atoms with Crippen molar-refractivity contribution in [3.63, 3.8) is 0 Å². The molecule has 0 spiro atoms. The Hall–Kier alpha value is -3.03. The van der Waals surface area contributed by atoms with Crippen LogP contribution in [0.15, 0.2) is 36.7 Å². The predicted octanol–water partition coefficient (Wildman–Crippen LogP) is 2.18. The third kappa shape index (κ3) is 3.81. The third-order valence-electron chi connectivity index (χ3n) is 5.09. The maximum Gasteiger partial charge on any atom is 0.225 e. The molecule has 3 aromatic rings. The van der Waals surface area contributed by atoms with Crippen molar-refractivity contribution in [2.75, 3.05) is 18.0 Å². The van der Waals surface area contributed by atoms with Crippen molar-refractivity contribution in [2.45, 2.75) is 39.2 Å². The zero-order valence-electron chi connectivity index (χ0n) is 16.2. The minimum Gasteiger partial charge on any atom is -0.354 e. The third-order valence-corrected chi connectivity index (χ3v) is 5.09. The van der Waals surface area contributed by atoms with E-state index in [4.69, 9.17) is 5.10 Å². The predicted molar refractivity (Wildman–Crippen MR) is 106 cm³/mol. The van der Waals surface area contributed by atoms with Gasteiger partial charge in [-0.25, -0.2) is 0 Å². The number of amides is 1. The Kier molecular flexibility index (Phi) is 5.18. The Morgan fingerprint density at radius 2 is 2.18 bits per heavy atom. The molecular weight excluding hydrogens is 354 g/mol. The van der Waals surface area contributed by atoms with E-state index in [1.807, 2.05) is 28.8 Å². The zero-order chi connectivity index (χ0) is 19.5. The van der Waals surface area contributed by atoms with Crippen molar-refractivity contribution in [1.29, 1.82) is 0 Å². The van der Waals surface area contributed by atoms with Gasteiger partial charge in [0.25, 0.3) is 0 Å². The summed E-state index contributed by atoms with van der Waals surface area (Å²) in [5.41, 5.74) is 1.75. The molecule has 4 rings (SSSR count). The van der Waals surface area contributed by atoms with E-state index in [1.54, 1.807) is 12.4 Å². The number of fused-ring (bicyclic) bond motifs is 1. The highest BCUT2D eigenvalue weighted by molar-refractivity contribution is 5.79. The normalized spacial score (nSPS) is 17.2. The molecule has 1 atom stereocenters. The van der Waals surface area contributed by atoms with Gasteiger partial charge in [-0.1, -0.05) is 19.9 Å². The maximum atomic E-state index is 12.7. The smallest absolute Gasteiger partial charge is 0.225 e. The fraction of sp³-hybridized carbons (Fsp3) is 0.450. The first-order valence-corrected chi connectivity index (χ1v) is 9.75. The van der Waals surface area contributed by atoms with Crippen LogP contribution in [0.2, 0.25) is 0 Å². The topological polar surface area (TPSA) is 88.3 Å². The molecule has 0 unspecified atom stereocenters. The molecule has 0 bridgehead atoms. The van der Waals surface area contributed by atoms with Crippen molar-refractivity contribution in [3.8, 4) is 0 Å². The number of hydrogen-bond acceptors (Lipinski definition) is 6. The van der Waals surface area contributed by atoms with Crippen LogP contribution in [0.4, 0.5) is 5.82 Å². The van der Waals surface area contributed by atoms with Gasteiger partial charge in [0.15, 0.2) is 11.5 Å². The van der Waals surface area contributed by atoms with Crippen LogP contribution in [0.25, 0.3) is 5.65 Å². The van der Waals surface area contributed by atoms with Crippen LogP contribution in [0.5, 0.6) is 0 Å². The molecule has 4 heterocycles. The first-order valence-electron chi connectivity index (χ1n) is 9.75. The van der Waals surface area contributed by atoms with E-state index in [0.717, 1.165) is 42.2 Å². The van der Waals surface area contributed by atoms with Gasteiger partial charge in [0.05, 0.1) is 5.92 Å². The second-order valence-electron chi connectivity index (χ2n) is 7.54. The second kappa shape index (κ2) is 7.92. The number of nitrogens with one attached hydrogen (secondary N) is 1. The van der Waals surface area contributed by atoms with E-state index >= 15 is 0 Å². The van der Waals surface area contributed by atoms with E-state index in [2.05, 4.69) is 39.2 Å². The number of rotatable bonds is 5. The molecule has 0 aliphatic carbocycles. The second-order valence-corrected chi connectivity index (χ2v) is 7.54. The summed E-state index contributed by atoms with van der Waals surface area (Å²) in [6.07, 6.45) is 5.36. The van der Waals surface area contributed by atoms with Gasteiger partial charge < -0.3 is 10.2 Å². The summed E-state index contributed by atoms with van der Waals surface area (Å²) in [4.78, 5) is 18.9. The first kappa shape index (κ1) is 18.3. The van der Waals surface area contributed by atoms with Crippen molar-refractivity contribution in [3.05, 3.63) is 48.0 Å². The van der Waals surface area contributed by atoms with Crippen molar-refractivity contribution in [1.82, 2.24) is 30.1 Å². The van der Waals surface area contributed by atoms with E-state index in [1.165, 1.54) is 0 Å². The highest BCUT2D eigenvalue weighted by Crippen LogP contribution is 2.23. The molecule has 1 fully saturated rings. The van der Waals surface area contributed by atoms with Crippen molar-refractivity contribution >= 4 is 17.4 Å². The summed E-state index contributed by atoms with van der Waals surface area (Å²) >= 11 is 0. The summed E-state index contributed by atoms with van der Waals surface area (Å²) in [6, 6.07) is 7.74. The number of carbonyl (C=O) groups excluding carboxylic acids is 1. The lowest BCUT2D eigenvalue weighted by molar-refractivity contribution is -0.125. The van der Waals surface area contributed by atoms with Crippen molar-refractivity contribution in [2.24, 2.45) is 5.92 Å². The van der Waals surface area contributed by atoms with Crippen LogP contribution in [-0.2, 0) is 11.3 Å². The highest BCUT2D eigenvalue weighted by Gasteiger charge is 2.27. The quantitative estimate of drug-likeness (QED) is 0.731. The van der Waals surface area contributed by atoms with Crippen LogP contribution in [0.1, 0.15) is 44.0 Å². The largest absolute Gasteiger partial charge is 0.354 e. The molecule has 1 amide bonds. The Bertz CT molecular complexity index is 954. The van der Waals surface area contributed by atoms with Crippen LogP contribution >= 0.6 is 0 Å². The Morgan fingerprint density at radius 1 is 1.29 bits per heavy atom. The van der Waals surface area contributed by atoms with Gasteiger partial charge in [0.1, 0.15) is 5.82 Å². The van der Waals surface area contributed by atoms with Gasteiger partial charge in [-0.15, -0.1) is 15.3 Å². The molecule has 0 radical (unpaired) electrons. The van der Waals surface area contributed by atoms with Gasteiger partial charge in [-0.2, -0.15) is 4.52 Å². The average molecular weight is 379 g/mol. The first-order chi connectivity index (χ1) is 13.6. The molecule has 1 aliphatic heterocycles. The lowest BCUT2D eigenvalue weighted by atomic mass is 9.97. The average Bonchev–Trinajstić information content (AvgIpc) is 3.16. The van der Waals surface area contributed by atoms with Crippen LogP contribution in [-0.4, -0.2) is 43.8 Å². The Balaban J connectivity index is 1.45. The molecule has 28 heavy (non-hydrogen) atoms. The van der Waals surface area contributed by atoms with E-state index in [-0.39, 0.29) is 17.7 Å². The van der Waals surface area contributed by atoms with E-state index in [9.17, 15) is 4.79 Å². The fourth-order valence-corrected chi connectivity index (χ4v) is 3.56. The minimum atomic E-state index is -0.0478. The number of anilines is 1. The molecule has 8 nitrogen and oxygen atoms in total. The molecule has 0 aromatic carbocycles. The molecule has 8 heteroatoms. The number of pyridine rings is 1. The molecule has 3 aromatic heterocycles. The lowest BCUT2D eigenvalue weighted by Crippen LogP contribution is -2.43. The highest BCUT2D eigenvalue weighted by atomic mass is 16.1. The van der Waals surface area contributed by atoms with Crippen LogP contribution in [0.3, 0.4) is 0 Å². The van der Waals surface area contributed by atoms with E-state index < -0.39 is 0 Å². The number of hydrogen-bond donors (Lipinski definition) is 1. The zero-order valence-corrected chi connectivity index (χ0v) is 16.2. The summed E-state index contributed by atoms with van der Waals surface area (Å²) in [5.74, 6) is 1.99. The molecule has 1 aliphatic rings. The SMILES string of the molecule is CC(C)c1nnc2ccc(N3CCC[C@H](C(=O)NCc4cccnc4)C3)nn12. The molecule has 1 N–H and O–H groups in total. The number of aromatic nitrogens is 5. The summed E-state index contributed by atoms with van der Waals surface area (Å²) in [6.45, 7) is 6.22. The summed E-state index contributed by atoms with van der Waals surface area (Å²) in [5, 5.41) is 16.2. The molecule has 0 saturated carbocycles. The minimum absolute atomic E-state index is 0.0478. The fourth-order valence-electron chi connectivity index (χ4n) is 3.56. The lowest BCUT2D eigenvalue weighted by Gasteiger charge is -2.32. The number of nitrogens with zero attached hydrogens (tertiary/aromatic N) is 6. The molecular formula is C20H25N7O. The molecule has 1 saturated heterocycles. The van der Waals surface area contributed by atoms with Gasteiger partial charge in [0.2, 0.25) is 5.91 Å². The van der Waals surface area contributed by atoms with Gasteiger partial charge in [-0.05, 0) is 36.6 Å². The summed E-state index contributed by atoms with van der Waals surface area (Å²) < 4.78 is 1.81. The number of piperidine rings is 1. The standard InChI is InChI=1S/C20H25N7O/c1-14(2)19-24-23-17-7-8-18(25-27(17)19)26-10-4-6-16(13-26)20(28)22-12-15-5-3-9-21-11-15/h3,5,7-9,11,14,16H,4,6,10,12-13H2,1-2H3,(H,22,28)/t16-/m0/s1. The number of carbonyl (C=O) groups is 1. The van der Waals surface area contributed by atoms with E-state index in [0.29, 0.717) is 13.1 Å². The van der Waals surface area contributed by atoms with Gasteiger partial charge in [-0.3, -0.25) is 9.78 Å². The maximum absolute atomic E-state index is 12.7. The van der Waals surface area contributed by atoms with Crippen molar-refractivity contribution < 1.29 is 4.79 Å². The Labute approximate surface area is 164 Å².